The van der Waals surface area contributed by atoms with Gasteiger partial charge in [-0.1, -0.05) is 51.9 Å². The molecular weight excluding hydrogens is 352 g/mol. The Morgan fingerprint density at radius 2 is 2.32 bits per heavy atom. The molecule has 0 fully saturated rings. The van der Waals surface area contributed by atoms with Gasteiger partial charge in [0.15, 0.2) is 5.16 Å². The lowest BCUT2D eigenvalue weighted by Gasteiger charge is -2.06. The lowest BCUT2D eigenvalue weighted by atomic mass is 10.3. The normalized spacial score (nSPS) is 10.8. The van der Waals surface area contributed by atoms with Crippen LogP contribution in [0.2, 0.25) is 5.02 Å². The molecule has 7 heteroatoms. The molecule has 1 N–H and O–H groups in total. The Hall–Kier alpha value is -0.980. The number of allylic oxidation sites excluding steroid dienone is 1. The van der Waals surface area contributed by atoms with Gasteiger partial charge in [0.1, 0.15) is 5.52 Å². The van der Waals surface area contributed by atoms with Crippen molar-refractivity contribution in [3.8, 4) is 0 Å². The van der Waals surface area contributed by atoms with E-state index in [4.69, 9.17) is 16.7 Å². The maximum absolute atomic E-state index is 10.7. The van der Waals surface area contributed by atoms with Crippen molar-refractivity contribution >= 4 is 56.3 Å². The number of carboxylic acid groups (broad SMARTS) is 1. The van der Waals surface area contributed by atoms with Crippen LogP contribution in [0.4, 0.5) is 0 Å². The molecule has 0 spiro atoms. The summed E-state index contributed by atoms with van der Waals surface area (Å²) >= 11 is 10.6. The predicted octanol–water partition coefficient (Wildman–Crippen LogP) is 3.78. The highest BCUT2D eigenvalue weighted by Crippen LogP contribution is 2.29. The summed E-state index contributed by atoms with van der Waals surface area (Å²) in [6.45, 7) is 4.32. The Balaban J connectivity index is 2.50. The number of carboxylic acids is 1. The number of aromatic nitrogens is 2. The summed E-state index contributed by atoms with van der Waals surface area (Å²) in [5, 5.41) is 9.93. The van der Waals surface area contributed by atoms with Gasteiger partial charge in [-0.3, -0.25) is 4.79 Å². The van der Waals surface area contributed by atoms with Crippen molar-refractivity contribution in [2.75, 3.05) is 5.75 Å². The molecule has 1 aromatic carbocycles. The maximum atomic E-state index is 10.7. The van der Waals surface area contributed by atoms with Gasteiger partial charge in [0.05, 0.1) is 22.8 Å². The Morgan fingerprint density at radius 1 is 1.58 bits per heavy atom. The van der Waals surface area contributed by atoms with Crippen LogP contribution >= 0.6 is 39.3 Å². The second kappa shape index (κ2) is 5.98. The summed E-state index contributed by atoms with van der Waals surface area (Å²) in [6.07, 6.45) is 0. The zero-order valence-electron chi connectivity index (χ0n) is 9.77. The molecule has 1 heterocycles. The molecule has 0 aliphatic rings. The Bertz CT molecular complexity index is 656. The van der Waals surface area contributed by atoms with E-state index in [9.17, 15) is 4.79 Å². The molecule has 0 aliphatic heterocycles. The number of imidazole rings is 1. The lowest BCUT2D eigenvalue weighted by molar-refractivity contribution is -0.133. The largest absolute Gasteiger partial charge is 0.481 e. The van der Waals surface area contributed by atoms with E-state index in [-0.39, 0.29) is 5.75 Å². The van der Waals surface area contributed by atoms with Crippen molar-refractivity contribution in [2.45, 2.75) is 11.7 Å². The number of rotatable bonds is 5. The van der Waals surface area contributed by atoms with Crippen LogP contribution < -0.4 is 0 Å². The number of fused-ring (bicyclic) bond motifs is 1. The molecule has 0 radical (unpaired) electrons. The van der Waals surface area contributed by atoms with E-state index in [2.05, 4.69) is 27.5 Å². The molecule has 0 atom stereocenters. The molecule has 1 aromatic heterocycles. The van der Waals surface area contributed by atoms with E-state index in [1.165, 1.54) is 0 Å². The summed E-state index contributed by atoms with van der Waals surface area (Å²) in [6, 6.07) is 5.50. The van der Waals surface area contributed by atoms with E-state index in [0.29, 0.717) is 22.2 Å². The molecule has 19 heavy (non-hydrogen) atoms. The highest BCUT2D eigenvalue weighted by atomic mass is 79.9. The minimum Gasteiger partial charge on any atom is -0.481 e. The monoisotopic (exact) mass is 360 g/mol. The average molecular weight is 362 g/mol. The number of carbonyl (C=O) groups is 1. The molecule has 4 nitrogen and oxygen atoms in total. The third-order valence-electron chi connectivity index (χ3n) is 2.35. The Labute approximate surface area is 127 Å². The molecule has 0 aliphatic carbocycles. The summed E-state index contributed by atoms with van der Waals surface area (Å²) in [5.41, 5.74) is 1.53. The van der Waals surface area contributed by atoms with Crippen molar-refractivity contribution in [1.29, 1.82) is 0 Å². The summed E-state index contributed by atoms with van der Waals surface area (Å²) < 4.78 is 2.68. The highest BCUT2D eigenvalue weighted by Gasteiger charge is 2.14. The number of hydrogen-bond acceptors (Lipinski definition) is 3. The van der Waals surface area contributed by atoms with E-state index >= 15 is 0 Å². The lowest BCUT2D eigenvalue weighted by Crippen LogP contribution is -2.03. The first kappa shape index (κ1) is 14.4. The van der Waals surface area contributed by atoms with Gasteiger partial charge in [-0.2, -0.15) is 0 Å². The van der Waals surface area contributed by atoms with Crippen LogP contribution in [0.3, 0.4) is 0 Å². The third-order valence-corrected chi connectivity index (χ3v) is 3.87. The van der Waals surface area contributed by atoms with Gasteiger partial charge in [0.2, 0.25) is 0 Å². The number of hydrogen-bond donors (Lipinski definition) is 1. The van der Waals surface area contributed by atoms with Crippen LogP contribution in [0, 0.1) is 0 Å². The van der Waals surface area contributed by atoms with Crippen molar-refractivity contribution in [2.24, 2.45) is 0 Å². The van der Waals surface area contributed by atoms with E-state index in [1.54, 1.807) is 6.07 Å². The van der Waals surface area contributed by atoms with Crippen LogP contribution in [-0.2, 0) is 11.3 Å². The zero-order chi connectivity index (χ0) is 14.0. The fourth-order valence-electron chi connectivity index (χ4n) is 1.65. The fourth-order valence-corrected chi connectivity index (χ4v) is 2.84. The standard InChI is InChI=1S/C12H10BrClN2O2S/c1-7(13)5-16-9-4-2-3-8(14)11(9)15-12(16)19-6-10(17)18/h2-4H,1,5-6H2,(H,17,18). The average Bonchev–Trinajstić information content (AvgIpc) is 2.66. The van der Waals surface area contributed by atoms with Crippen LogP contribution in [-0.4, -0.2) is 26.4 Å². The quantitative estimate of drug-likeness (QED) is 0.824. The number of para-hydroxylation sites is 1. The maximum Gasteiger partial charge on any atom is 0.313 e. The molecular formula is C12H10BrClN2O2S. The van der Waals surface area contributed by atoms with Crippen molar-refractivity contribution in [3.63, 3.8) is 0 Å². The first-order chi connectivity index (χ1) is 8.99. The molecule has 2 rings (SSSR count). The van der Waals surface area contributed by atoms with E-state index in [0.717, 1.165) is 21.8 Å². The van der Waals surface area contributed by atoms with Gasteiger partial charge in [0.25, 0.3) is 0 Å². The van der Waals surface area contributed by atoms with Crippen LogP contribution in [0.15, 0.2) is 34.4 Å². The Morgan fingerprint density at radius 3 is 2.95 bits per heavy atom. The minimum absolute atomic E-state index is 0.0459. The van der Waals surface area contributed by atoms with Gasteiger partial charge in [0, 0.05) is 4.48 Å². The van der Waals surface area contributed by atoms with Gasteiger partial charge in [-0.25, -0.2) is 4.98 Å². The number of nitrogens with zero attached hydrogens (tertiary/aromatic N) is 2. The highest BCUT2D eigenvalue weighted by molar-refractivity contribution is 9.11. The fraction of sp³-hybridized carbons (Fsp3) is 0.167. The van der Waals surface area contributed by atoms with Gasteiger partial charge < -0.3 is 9.67 Å². The second-order valence-corrected chi connectivity index (χ2v) is 6.26. The minimum atomic E-state index is -0.882. The third kappa shape index (κ3) is 3.32. The SMILES string of the molecule is C=C(Br)Cn1c(SCC(=O)O)nc2c(Cl)cccc21. The Kier molecular flexibility index (Phi) is 4.54. The first-order valence-electron chi connectivity index (χ1n) is 5.31. The molecule has 0 amide bonds. The summed E-state index contributed by atoms with van der Waals surface area (Å²) in [5.74, 6) is -0.928. The van der Waals surface area contributed by atoms with Crippen LogP contribution in [0.5, 0.6) is 0 Å². The first-order valence-corrected chi connectivity index (χ1v) is 7.47. The van der Waals surface area contributed by atoms with Crippen molar-refractivity contribution in [1.82, 2.24) is 9.55 Å². The molecule has 0 bridgehead atoms. The predicted molar refractivity (Wildman–Crippen MR) is 81.2 cm³/mol. The van der Waals surface area contributed by atoms with Gasteiger partial charge in [-0.05, 0) is 12.1 Å². The number of halogens is 2. The van der Waals surface area contributed by atoms with Crippen molar-refractivity contribution in [3.05, 3.63) is 34.3 Å². The van der Waals surface area contributed by atoms with E-state index < -0.39 is 5.97 Å². The summed E-state index contributed by atoms with van der Waals surface area (Å²) in [7, 11) is 0. The number of benzene rings is 1. The van der Waals surface area contributed by atoms with Crippen LogP contribution in [0.1, 0.15) is 0 Å². The van der Waals surface area contributed by atoms with E-state index in [1.807, 2.05) is 16.7 Å². The summed E-state index contributed by atoms with van der Waals surface area (Å²) in [4.78, 5) is 15.1. The number of thioether (sulfide) groups is 1. The smallest absolute Gasteiger partial charge is 0.313 e. The van der Waals surface area contributed by atoms with Crippen LogP contribution in [0.25, 0.3) is 11.0 Å². The zero-order valence-corrected chi connectivity index (χ0v) is 12.9. The molecule has 2 aromatic rings. The molecule has 100 valence electrons. The second-order valence-electron chi connectivity index (χ2n) is 3.79. The molecule has 0 saturated carbocycles. The number of aliphatic carboxylic acids is 1. The molecule has 0 unspecified atom stereocenters. The van der Waals surface area contributed by atoms with Crippen molar-refractivity contribution < 1.29 is 9.90 Å². The van der Waals surface area contributed by atoms with Gasteiger partial charge in [-0.15, -0.1) is 0 Å². The van der Waals surface area contributed by atoms with Gasteiger partial charge >= 0.3 is 5.97 Å². The molecule has 0 saturated heterocycles. The topological polar surface area (TPSA) is 55.1 Å².